The molecule has 62 heavy (non-hydrogen) atoms. The molecule has 3 amide bonds. The van der Waals surface area contributed by atoms with Gasteiger partial charge < -0.3 is 44.8 Å². The Morgan fingerprint density at radius 1 is 0.806 bits per heavy atom. The molecule has 0 spiro atoms. The number of amides is 3. The van der Waals surface area contributed by atoms with Crippen LogP contribution in [0.5, 0.6) is 17.2 Å². The highest BCUT2D eigenvalue weighted by Gasteiger charge is 2.41. The maximum atomic E-state index is 13.5. The molecule has 3 atom stereocenters. The van der Waals surface area contributed by atoms with Crippen LogP contribution in [0.15, 0.2) is 72.8 Å². The van der Waals surface area contributed by atoms with Gasteiger partial charge in [-0.2, -0.15) is 0 Å². The van der Waals surface area contributed by atoms with E-state index in [1.54, 1.807) is 12.1 Å². The number of fused-ring (bicyclic) bond motifs is 3. The van der Waals surface area contributed by atoms with Gasteiger partial charge >= 0.3 is 0 Å². The molecule has 1 aromatic heterocycles. The average Bonchev–Trinajstić information content (AvgIpc) is 3.55. The van der Waals surface area contributed by atoms with Crippen LogP contribution in [0, 0.1) is 0 Å². The summed E-state index contributed by atoms with van der Waals surface area (Å²) in [7, 11) is 0. The molecule has 5 saturated heterocycles. The summed E-state index contributed by atoms with van der Waals surface area (Å²) in [5.41, 5.74) is 11.5. The Bertz CT molecular complexity index is 2320. The average molecular weight is 843 g/mol. The third-order valence-corrected chi connectivity index (χ3v) is 13.5. The molecule has 6 aliphatic heterocycles. The zero-order valence-corrected chi connectivity index (χ0v) is 34.9. The van der Waals surface area contributed by atoms with E-state index >= 15 is 0 Å². The number of piperidine rings is 2. The number of ether oxygens (including phenoxy) is 2. The maximum Gasteiger partial charge on any atom is 0.249 e. The minimum absolute atomic E-state index is 0.0387. The number of phenolic OH excluding ortho intramolecular Hbond substituents is 1. The summed E-state index contributed by atoms with van der Waals surface area (Å²) in [6.45, 7) is 7.44. The van der Waals surface area contributed by atoms with Gasteiger partial charge in [-0.1, -0.05) is 24.3 Å². The SMILES string of the molecule is Nc1nnc(-c2ccccc2O)cc1N1CC2CCC(C1)N2c1cccc(OC2CCN(C(=O)CN3CCN(c4cccc5c4OCCN5C4CCC(=O)NC4=O)CC3)CC2)c1. The van der Waals surface area contributed by atoms with E-state index in [4.69, 9.17) is 15.2 Å². The van der Waals surface area contributed by atoms with Crippen molar-refractivity contribution in [1.82, 2.24) is 25.3 Å². The van der Waals surface area contributed by atoms with E-state index in [-0.39, 0.29) is 29.6 Å². The second-order valence-electron chi connectivity index (χ2n) is 17.3. The van der Waals surface area contributed by atoms with Crippen molar-refractivity contribution in [3.05, 3.63) is 72.8 Å². The van der Waals surface area contributed by atoms with Gasteiger partial charge in [0.15, 0.2) is 11.6 Å². The number of nitrogens with zero attached hydrogens (tertiary/aromatic N) is 8. The number of nitrogens with one attached hydrogen (secondary N) is 1. The van der Waals surface area contributed by atoms with Crippen molar-refractivity contribution >= 4 is 46.3 Å². The molecule has 0 radical (unpaired) electrons. The number of carbonyl (C=O) groups excluding carboxylic acids is 3. The largest absolute Gasteiger partial charge is 0.507 e. The van der Waals surface area contributed by atoms with E-state index in [9.17, 15) is 19.5 Å². The minimum Gasteiger partial charge on any atom is -0.507 e. The Morgan fingerprint density at radius 3 is 2.34 bits per heavy atom. The second-order valence-corrected chi connectivity index (χ2v) is 17.3. The monoisotopic (exact) mass is 842 g/mol. The van der Waals surface area contributed by atoms with Gasteiger partial charge in [0.2, 0.25) is 17.7 Å². The highest BCUT2D eigenvalue weighted by atomic mass is 16.5. The number of likely N-dealkylation sites (tertiary alicyclic amines) is 1. The first-order valence-corrected chi connectivity index (χ1v) is 22.1. The van der Waals surface area contributed by atoms with Gasteiger partial charge in [0.1, 0.15) is 30.3 Å². The predicted octanol–water partition coefficient (Wildman–Crippen LogP) is 3.49. The Labute approximate surface area is 361 Å². The third kappa shape index (κ3) is 7.87. The lowest BCUT2D eigenvalue weighted by atomic mass is 10.0. The van der Waals surface area contributed by atoms with Crippen LogP contribution >= 0.6 is 0 Å². The van der Waals surface area contributed by atoms with Gasteiger partial charge in [0, 0.05) is 101 Å². The summed E-state index contributed by atoms with van der Waals surface area (Å²) in [6, 6.07) is 23.8. The summed E-state index contributed by atoms with van der Waals surface area (Å²) in [5, 5.41) is 21.5. The number of carbonyl (C=O) groups is 3. The van der Waals surface area contributed by atoms with Crippen molar-refractivity contribution in [3.8, 4) is 28.5 Å². The van der Waals surface area contributed by atoms with Crippen LogP contribution < -0.4 is 40.1 Å². The highest BCUT2D eigenvalue weighted by molar-refractivity contribution is 6.02. The Kier molecular flexibility index (Phi) is 10.8. The molecular formula is C46H54N10O6. The quantitative estimate of drug-likeness (QED) is 0.209. The number of hydrogen-bond acceptors (Lipinski definition) is 14. The van der Waals surface area contributed by atoms with Gasteiger partial charge in [-0.25, -0.2) is 0 Å². The second kappa shape index (κ2) is 16.9. The standard InChI is InChI=1S/C46H54N10O6/c47-45-40(26-36(49-50-45)35-7-1-2-10-41(35)57)54-27-31-11-12-32(28-54)56(31)30-5-3-6-34(25-30)62-33-15-17-53(18-16-33)43(59)29-51-19-21-52(22-20-51)37-8-4-9-38-44(37)61-24-23-55(38)39-13-14-42(58)48-46(39)60/h1-10,25-26,31-33,39,57H,11-24,27-29H2,(H2,47,50)(H,48,58,60). The number of aromatic hydroxyl groups is 1. The molecule has 6 aliphatic rings. The van der Waals surface area contributed by atoms with E-state index in [1.807, 2.05) is 41.3 Å². The van der Waals surface area contributed by atoms with Crippen LogP contribution in [0.25, 0.3) is 11.3 Å². The number of imide groups is 1. The lowest BCUT2D eigenvalue weighted by Crippen LogP contribution is -2.54. The normalized spacial score (nSPS) is 23.2. The number of para-hydroxylation sites is 2. The topological polar surface area (TPSA) is 173 Å². The van der Waals surface area contributed by atoms with Crippen LogP contribution in [0.1, 0.15) is 38.5 Å². The fraction of sp³-hybridized carbons (Fsp3) is 0.457. The van der Waals surface area contributed by atoms with Crippen molar-refractivity contribution in [2.45, 2.75) is 62.8 Å². The molecule has 16 heteroatoms. The number of phenols is 1. The van der Waals surface area contributed by atoms with Crippen molar-refractivity contribution in [1.29, 1.82) is 0 Å². The Balaban J connectivity index is 0.703. The van der Waals surface area contributed by atoms with Gasteiger partial charge in [-0.3, -0.25) is 24.6 Å². The first kappa shape index (κ1) is 39.8. The number of piperazine rings is 2. The molecule has 3 unspecified atom stereocenters. The third-order valence-electron chi connectivity index (χ3n) is 13.5. The number of benzene rings is 3. The Morgan fingerprint density at radius 2 is 1.56 bits per heavy atom. The predicted molar refractivity (Wildman–Crippen MR) is 236 cm³/mol. The first-order valence-electron chi connectivity index (χ1n) is 22.1. The zero-order chi connectivity index (χ0) is 42.3. The van der Waals surface area contributed by atoms with E-state index in [0.29, 0.717) is 74.8 Å². The zero-order valence-electron chi connectivity index (χ0n) is 34.9. The number of nitrogens with two attached hydrogens (primary N) is 1. The summed E-state index contributed by atoms with van der Waals surface area (Å²) in [4.78, 5) is 51.5. The summed E-state index contributed by atoms with van der Waals surface area (Å²) >= 11 is 0. The van der Waals surface area contributed by atoms with E-state index < -0.39 is 6.04 Å². The summed E-state index contributed by atoms with van der Waals surface area (Å²) in [5.74, 6) is 1.88. The van der Waals surface area contributed by atoms with Crippen LogP contribution in [0.3, 0.4) is 0 Å². The molecule has 16 nitrogen and oxygen atoms in total. The van der Waals surface area contributed by atoms with Gasteiger partial charge in [-0.05, 0) is 61.7 Å². The molecule has 10 rings (SSSR count). The van der Waals surface area contributed by atoms with Gasteiger partial charge in [0.05, 0.1) is 35.8 Å². The van der Waals surface area contributed by atoms with E-state index in [2.05, 4.69) is 64.3 Å². The molecular weight excluding hydrogens is 789 g/mol. The molecule has 4 aromatic rings. The van der Waals surface area contributed by atoms with Crippen LogP contribution in [-0.4, -0.2) is 139 Å². The lowest BCUT2D eigenvalue weighted by Gasteiger charge is -2.43. The first-order chi connectivity index (χ1) is 30.3. The molecule has 0 aliphatic carbocycles. The minimum atomic E-state index is -0.392. The fourth-order valence-electron chi connectivity index (χ4n) is 10.4. The summed E-state index contributed by atoms with van der Waals surface area (Å²) in [6.07, 6.45) is 4.60. The molecule has 3 aromatic carbocycles. The van der Waals surface area contributed by atoms with Crippen LogP contribution in [0.2, 0.25) is 0 Å². The molecule has 7 heterocycles. The van der Waals surface area contributed by atoms with Crippen LogP contribution in [0.4, 0.5) is 28.6 Å². The molecule has 324 valence electrons. The number of nitrogen functional groups attached to an aromatic ring is 1. The van der Waals surface area contributed by atoms with Crippen molar-refractivity contribution in [2.75, 3.05) is 97.4 Å². The Hall–Kier alpha value is -6.29. The molecule has 2 bridgehead atoms. The number of hydrogen-bond donors (Lipinski definition) is 3. The van der Waals surface area contributed by atoms with E-state index in [0.717, 1.165) is 99.2 Å². The van der Waals surface area contributed by atoms with Crippen molar-refractivity contribution in [3.63, 3.8) is 0 Å². The van der Waals surface area contributed by atoms with E-state index in [1.165, 1.54) is 0 Å². The van der Waals surface area contributed by atoms with Crippen molar-refractivity contribution < 1.29 is 29.0 Å². The lowest BCUT2D eigenvalue weighted by molar-refractivity contribution is -0.135. The maximum absolute atomic E-state index is 13.5. The van der Waals surface area contributed by atoms with Crippen molar-refractivity contribution in [2.24, 2.45) is 0 Å². The van der Waals surface area contributed by atoms with Gasteiger partial charge in [-0.15, -0.1) is 10.2 Å². The smallest absolute Gasteiger partial charge is 0.249 e. The summed E-state index contributed by atoms with van der Waals surface area (Å²) < 4.78 is 12.8. The number of rotatable bonds is 9. The molecule has 4 N–H and O–H groups in total. The highest BCUT2D eigenvalue weighted by Crippen LogP contribution is 2.43. The number of anilines is 5. The number of aromatic nitrogens is 2. The van der Waals surface area contributed by atoms with Crippen LogP contribution in [-0.2, 0) is 14.4 Å². The fourth-order valence-corrected chi connectivity index (χ4v) is 10.4. The van der Waals surface area contributed by atoms with Gasteiger partial charge in [0.25, 0.3) is 0 Å². The molecule has 0 saturated carbocycles. The molecule has 5 fully saturated rings.